The Morgan fingerprint density at radius 1 is 1.17 bits per heavy atom. The number of thiophene rings is 1. The fraction of sp³-hybridized carbons (Fsp3) is 0.450. The highest BCUT2D eigenvalue weighted by atomic mass is 32.2. The van der Waals surface area contributed by atoms with Gasteiger partial charge in [0, 0.05) is 32.7 Å². The predicted molar refractivity (Wildman–Crippen MR) is 117 cm³/mol. The molecule has 0 bridgehead atoms. The van der Waals surface area contributed by atoms with Crippen LogP contribution >= 0.6 is 11.3 Å². The van der Waals surface area contributed by atoms with Gasteiger partial charge in [-0.3, -0.25) is 0 Å². The summed E-state index contributed by atoms with van der Waals surface area (Å²) in [6.45, 7) is 1.73. The van der Waals surface area contributed by atoms with Crippen LogP contribution in [-0.4, -0.2) is 82.5 Å². The fourth-order valence-electron chi connectivity index (χ4n) is 3.39. The van der Waals surface area contributed by atoms with Crippen LogP contribution in [0.25, 0.3) is 0 Å². The first-order valence-corrected chi connectivity index (χ1v) is 12.1. The molecule has 2 aromatic rings. The first-order valence-electron chi connectivity index (χ1n) is 9.68. The van der Waals surface area contributed by atoms with E-state index in [1.807, 2.05) is 19.5 Å². The summed E-state index contributed by atoms with van der Waals surface area (Å²) in [4.78, 5) is 16.6. The molecule has 164 valence electrons. The highest BCUT2D eigenvalue weighted by molar-refractivity contribution is 7.89. The maximum atomic E-state index is 12.8. The summed E-state index contributed by atoms with van der Waals surface area (Å²) in [5.74, 6) is 0.605. The summed E-state index contributed by atoms with van der Waals surface area (Å²) >= 11 is 1.63. The van der Waals surface area contributed by atoms with Crippen molar-refractivity contribution in [3.8, 4) is 5.75 Å². The molecule has 30 heavy (non-hydrogen) atoms. The van der Waals surface area contributed by atoms with Gasteiger partial charge in [0.25, 0.3) is 0 Å². The second kappa shape index (κ2) is 9.78. The van der Waals surface area contributed by atoms with E-state index in [-0.39, 0.29) is 30.1 Å². The molecule has 1 aromatic heterocycles. The van der Waals surface area contributed by atoms with Gasteiger partial charge >= 0.3 is 6.03 Å². The molecule has 1 fully saturated rings. The standard InChI is InChI=1S/C20H28N4O4S2/c1-22(2)19(16-8-13-29-15-16)14-21-20(25)23-9-11-24(12-10-23)30(26,27)18-6-4-17(28-3)5-7-18/h4-8,13,15,19H,9-12,14H2,1-3H3,(H,21,25). The maximum Gasteiger partial charge on any atom is 0.317 e. The third kappa shape index (κ3) is 5.12. The first-order chi connectivity index (χ1) is 14.3. The summed E-state index contributed by atoms with van der Waals surface area (Å²) in [6.07, 6.45) is 0. The van der Waals surface area contributed by atoms with Crippen molar-refractivity contribution in [3.63, 3.8) is 0 Å². The van der Waals surface area contributed by atoms with E-state index in [1.165, 1.54) is 17.0 Å². The molecular weight excluding hydrogens is 424 g/mol. The summed E-state index contributed by atoms with van der Waals surface area (Å²) in [5, 5.41) is 7.10. The number of carbonyl (C=O) groups is 1. The van der Waals surface area contributed by atoms with Crippen LogP contribution in [-0.2, 0) is 10.0 Å². The Morgan fingerprint density at radius 3 is 2.37 bits per heavy atom. The minimum atomic E-state index is -3.59. The van der Waals surface area contributed by atoms with E-state index in [0.29, 0.717) is 25.4 Å². The number of carbonyl (C=O) groups excluding carboxylic acids is 1. The van der Waals surface area contributed by atoms with Crippen molar-refractivity contribution >= 4 is 27.4 Å². The smallest absolute Gasteiger partial charge is 0.317 e. The van der Waals surface area contributed by atoms with E-state index in [1.54, 1.807) is 40.5 Å². The number of sulfonamides is 1. The molecule has 8 nitrogen and oxygen atoms in total. The fourth-order valence-corrected chi connectivity index (χ4v) is 5.52. The van der Waals surface area contributed by atoms with Crippen molar-refractivity contribution in [2.75, 3.05) is 53.9 Å². The molecule has 1 saturated heterocycles. The largest absolute Gasteiger partial charge is 0.497 e. The second-order valence-electron chi connectivity index (χ2n) is 7.29. The molecular formula is C20H28N4O4S2. The average Bonchev–Trinajstić information content (AvgIpc) is 3.28. The number of benzene rings is 1. The van der Waals surface area contributed by atoms with E-state index >= 15 is 0 Å². The maximum absolute atomic E-state index is 12.8. The zero-order valence-corrected chi connectivity index (χ0v) is 19.1. The monoisotopic (exact) mass is 452 g/mol. The lowest BCUT2D eigenvalue weighted by Crippen LogP contribution is -2.53. The first kappa shape index (κ1) is 22.5. The number of nitrogens with one attached hydrogen (secondary N) is 1. The molecule has 2 heterocycles. The Labute approximate surface area is 182 Å². The van der Waals surface area contributed by atoms with Crippen LogP contribution in [0.3, 0.4) is 0 Å². The third-order valence-corrected chi connectivity index (χ3v) is 7.84. The van der Waals surface area contributed by atoms with Gasteiger partial charge in [-0.15, -0.1) is 0 Å². The van der Waals surface area contributed by atoms with Gasteiger partial charge in [-0.1, -0.05) is 0 Å². The highest BCUT2D eigenvalue weighted by Crippen LogP contribution is 2.22. The molecule has 1 aliphatic rings. The third-order valence-electron chi connectivity index (χ3n) is 5.22. The number of hydrogen-bond donors (Lipinski definition) is 1. The molecule has 0 saturated carbocycles. The molecule has 1 unspecified atom stereocenters. The molecule has 1 aromatic carbocycles. The Balaban J connectivity index is 1.54. The second-order valence-corrected chi connectivity index (χ2v) is 10.0. The Hall–Kier alpha value is -2.14. The lowest BCUT2D eigenvalue weighted by atomic mass is 10.1. The molecule has 1 aliphatic heterocycles. The van der Waals surface area contributed by atoms with Crippen LogP contribution in [0.1, 0.15) is 11.6 Å². The van der Waals surface area contributed by atoms with Crippen LogP contribution in [0.4, 0.5) is 4.79 Å². The molecule has 10 heteroatoms. The number of urea groups is 1. The summed E-state index contributed by atoms with van der Waals surface area (Å²) in [7, 11) is 1.91. The van der Waals surface area contributed by atoms with Crippen LogP contribution in [0, 0.1) is 0 Å². The molecule has 2 amide bonds. The minimum Gasteiger partial charge on any atom is -0.497 e. The van der Waals surface area contributed by atoms with E-state index in [0.717, 1.165) is 0 Å². The molecule has 0 radical (unpaired) electrons. The average molecular weight is 453 g/mol. The van der Waals surface area contributed by atoms with Gasteiger partial charge in [-0.2, -0.15) is 15.6 Å². The van der Waals surface area contributed by atoms with Crippen LogP contribution in [0.2, 0.25) is 0 Å². The summed E-state index contributed by atoms with van der Waals surface area (Å²) < 4.78 is 32.2. The van der Waals surface area contributed by atoms with Gasteiger partial charge in [0.1, 0.15) is 5.75 Å². The van der Waals surface area contributed by atoms with Gasteiger partial charge in [0.2, 0.25) is 10.0 Å². The van der Waals surface area contributed by atoms with E-state index in [2.05, 4.69) is 21.7 Å². The predicted octanol–water partition coefficient (Wildman–Crippen LogP) is 2.08. The molecule has 1 N–H and O–H groups in total. The Morgan fingerprint density at radius 2 is 1.83 bits per heavy atom. The van der Waals surface area contributed by atoms with Crippen molar-refractivity contribution in [2.24, 2.45) is 0 Å². The minimum absolute atomic E-state index is 0.0944. The van der Waals surface area contributed by atoms with Gasteiger partial charge in [-0.25, -0.2) is 13.2 Å². The zero-order chi connectivity index (χ0) is 21.7. The number of nitrogens with zero attached hydrogens (tertiary/aromatic N) is 3. The number of amides is 2. The lowest BCUT2D eigenvalue weighted by molar-refractivity contribution is 0.168. The number of piperazine rings is 1. The van der Waals surface area contributed by atoms with Crippen molar-refractivity contribution in [3.05, 3.63) is 46.7 Å². The van der Waals surface area contributed by atoms with Crippen LogP contribution in [0.5, 0.6) is 5.75 Å². The van der Waals surface area contributed by atoms with Crippen molar-refractivity contribution < 1.29 is 17.9 Å². The number of methoxy groups -OCH3 is 1. The van der Waals surface area contributed by atoms with Gasteiger partial charge in [0.05, 0.1) is 18.0 Å². The number of rotatable bonds is 7. The number of ether oxygens (including phenoxy) is 1. The van der Waals surface area contributed by atoms with Gasteiger partial charge in [0.15, 0.2) is 0 Å². The quantitative estimate of drug-likeness (QED) is 0.696. The molecule has 0 spiro atoms. The number of hydrogen-bond acceptors (Lipinski definition) is 6. The summed E-state index contributed by atoms with van der Waals surface area (Å²) in [5.41, 5.74) is 1.17. The highest BCUT2D eigenvalue weighted by Gasteiger charge is 2.30. The van der Waals surface area contributed by atoms with Gasteiger partial charge < -0.3 is 19.9 Å². The van der Waals surface area contributed by atoms with E-state index in [9.17, 15) is 13.2 Å². The molecule has 0 aliphatic carbocycles. The van der Waals surface area contributed by atoms with E-state index < -0.39 is 10.0 Å². The van der Waals surface area contributed by atoms with Gasteiger partial charge in [-0.05, 0) is 60.8 Å². The topological polar surface area (TPSA) is 82.2 Å². The lowest BCUT2D eigenvalue weighted by Gasteiger charge is -2.34. The van der Waals surface area contributed by atoms with E-state index in [4.69, 9.17) is 4.74 Å². The van der Waals surface area contributed by atoms with Crippen LogP contribution < -0.4 is 10.1 Å². The van der Waals surface area contributed by atoms with Crippen molar-refractivity contribution in [2.45, 2.75) is 10.9 Å². The summed E-state index contributed by atoms with van der Waals surface area (Å²) in [6, 6.07) is 8.33. The normalized spacial score (nSPS) is 16.5. The Bertz CT molecular complexity index is 922. The SMILES string of the molecule is COc1ccc(S(=O)(=O)N2CCN(C(=O)NCC(c3ccsc3)N(C)C)CC2)cc1. The van der Waals surface area contributed by atoms with Crippen molar-refractivity contribution in [1.29, 1.82) is 0 Å². The number of likely N-dealkylation sites (N-methyl/N-ethyl adjacent to an activating group) is 1. The molecule has 3 rings (SSSR count). The Kier molecular flexibility index (Phi) is 7.35. The van der Waals surface area contributed by atoms with Crippen LogP contribution in [0.15, 0.2) is 46.0 Å². The zero-order valence-electron chi connectivity index (χ0n) is 17.4. The molecule has 1 atom stereocenters. The van der Waals surface area contributed by atoms with Crippen molar-refractivity contribution in [1.82, 2.24) is 19.4 Å².